The SMILES string of the molecule is CCOC(=O)C1(C)CC1(C)C(C)(C)CCC(=O)NC(C)(C)CS(=O)(=O)O. The Hall–Kier alpha value is -1.15. The highest BCUT2D eigenvalue weighted by atomic mass is 32.2. The molecule has 2 unspecified atom stereocenters. The fourth-order valence-corrected chi connectivity index (χ4v) is 4.85. The zero-order valence-electron chi connectivity index (χ0n) is 16.9. The van der Waals surface area contributed by atoms with Gasteiger partial charge in [0.2, 0.25) is 5.91 Å². The number of hydrogen-bond donors (Lipinski definition) is 2. The van der Waals surface area contributed by atoms with Gasteiger partial charge in [0.15, 0.2) is 0 Å². The Morgan fingerprint density at radius 3 is 2.19 bits per heavy atom. The molecule has 1 fully saturated rings. The first kappa shape index (κ1) is 22.9. The van der Waals surface area contributed by atoms with Gasteiger partial charge < -0.3 is 10.1 Å². The minimum absolute atomic E-state index is 0.200. The van der Waals surface area contributed by atoms with E-state index < -0.39 is 26.8 Å². The Kier molecular flexibility index (Phi) is 6.26. The van der Waals surface area contributed by atoms with Crippen molar-refractivity contribution in [1.82, 2.24) is 5.32 Å². The first-order valence-corrected chi connectivity index (χ1v) is 10.5. The van der Waals surface area contributed by atoms with Gasteiger partial charge in [-0.2, -0.15) is 8.42 Å². The first-order valence-electron chi connectivity index (χ1n) is 8.93. The molecule has 1 aliphatic carbocycles. The van der Waals surface area contributed by atoms with Gasteiger partial charge >= 0.3 is 5.97 Å². The summed E-state index contributed by atoms with van der Waals surface area (Å²) in [5.41, 5.74) is -2.15. The summed E-state index contributed by atoms with van der Waals surface area (Å²) in [5.74, 6) is -1.03. The lowest BCUT2D eigenvalue weighted by Gasteiger charge is -2.35. The molecule has 0 saturated heterocycles. The van der Waals surface area contributed by atoms with Crippen molar-refractivity contribution in [2.45, 2.75) is 73.3 Å². The summed E-state index contributed by atoms with van der Waals surface area (Å²) in [6, 6.07) is 0. The highest BCUT2D eigenvalue weighted by molar-refractivity contribution is 7.85. The second-order valence-electron chi connectivity index (χ2n) is 9.10. The van der Waals surface area contributed by atoms with E-state index in [-0.39, 0.29) is 29.1 Å². The average molecular weight is 392 g/mol. The molecule has 1 rings (SSSR count). The summed E-state index contributed by atoms with van der Waals surface area (Å²) in [4.78, 5) is 24.5. The molecule has 2 N–H and O–H groups in total. The van der Waals surface area contributed by atoms with E-state index in [0.29, 0.717) is 19.4 Å². The maximum atomic E-state index is 12.3. The van der Waals surface area contributed by atoms with Gasteiger partial charge in [0.25, 0.3) is 10.1 Å². The maximum absolute atomic E-state index is 12.3. The summed E-state index contributed by atoms with van der Waals surface area (Å²) < 4.78 is 36.2. The number of carbonyl (C=O) groups excluding carboxylic acids is 2. The molecule has 0 heterocycles. The van der Waals surface area contributed by atoms with E-state index in [1.807, 2.05) is 27.7 Å². The fourth-order valence-electron chi connectivity index (χ4n) is 3.87. The average Bonchev–Trinajstić information content (AvgIpc) is 3.00. The van der Waals surface area contributed by atoms with Crippen LogP contribution in [0.4, 0.5) is 0 Å². The van der Waals surface area contributed by atoms with Crippen LogP contribution >= 0.6 is 0 Å². The van der Waals surface area contributed by atoms with Crippen molar-refractivity contribution in [3.05, 3.63) is 0 Å². The van der Waals surface area contributed by atoms with E-state index in [1.165, 1.54) is 0 Å². The van der Waals surface area contributed by atoms with E-state index in [2.05, 4.69) is 5.32 Å². The van der Waals surface area contributed by atoms with Crippen LogP contribution in [0.1, 0.15) is 67.7 Å². The van der Waals surface area contributed by atoms with Crippen molar-refractivity contribution in [1.29, 1.82) is 0 Å². The Labute approximate surface area is 157 Å². The summed E-state index contributed by atoms with van der Waals surface area (Å²) >= 11 is 0. The van der Waals surface area contributed by atoms with Crippen molar-refractivity contribution in [3.8, 4) is 0 Å². The standard InChI is InChI=1S/C18H33NO6S/c1-8-25-14(21)17(6)11-18(17,7)15(2,3)10-9-13(20)19-16(4,5)12-26(22,23)24/h8-12H2,1-7H3,(H,19,20)(H,22,23,24). The van der Waals surface area contributed by atoms with Gasteiger partial charge in [-0.25, -0.2) is 0 Å². The molecular weight excluding hydrogens is 358 g/mol. The maximum Gasteiger partial charge on any atom is 0.312 e. The quantitative estimate of drug-likeness (QED) is 0.462. The molecule has 1 aliphatic rings. The van der Waals surface area contributed by atoms with Crippen LogP contribution in [0.15, 0.2) is 0 Å². The molecule has 0 aromatic heterocycles. The minimum atomic E-state index is -4.18. The van der Waals surface area contributed by atoms with Gasteiger partial charge in [-0.15, -0.1) is 0 Å². The lowest BCUT2D eigenvalue weighted by molar-refractivity contribution is -0.151. The van der Waals surface area contributed by atoms with Gasteiger partial charge in [-0.05, 0) is 51.4 Å². The van der Waals surface area contributed by atoms with Gasteiger partial charge in [-0.3, -0.25) is 14.1 Å². The smallest absolute Gasteiger partial charge is 0.312 e. The molecule has 1 saturated carbocycles. The zero-order chi connectivity index (χ0) is 20.6. The lowest BCUT2D eigenvalue weighted by atomic mass is 9.69. The highest BCUT2D eigenvalue weighted by Crippen LogP contribution is 2.73. The van der Waals surface area contributed by atoms with Crippen molar-refractivity contribution in [2.24, 2.45) is 16.2 Å². The van der Waals surface area contributed by atoms with Crippen LogP contribution in [-0.4, -0.2) is 42.7 Å². The van der Waals surface area contributed by atoms with Gasteiger partial charge in [-0.1, -0.05) is 20.8 Å². The first-order chi connectivity index (χ1) is 11.5. The van der Waals surface area contributed by atoms with E-state index >= 15 is 0 Å². The molecule has 0 bridgehead atoms. The van der Waals surface area contributed by atoms with Crippen molar-refractivity contribution in [2.75, 3.05) is 12.4 Å². The van der Waals surface area contributed by atoms with Gasteiger partial charge in [0.05, 0.1) is 23.3 Å². The Balaban J connectivity index is 2.69. The topological polar surface area (TPSA) is 110 Å². The van der Waals surface area contributed by atoms with Crippen LogP contribution < -0.4 is 5.32 Å². The highest BCUT2D eigenvalue weighted by Gasteiger charge is 2.72. The van der Waals surface area contributed by atoms with Gasteiger partial charge in [0.1, 0.15) is 0 Å². The Bertz CT molecular complexity index is 669. The Morgan fingerprint density at radius 1 is 1.19 bits per heavy atom. The molecule has 0 spiro atoms. The molecule has 152 valence electrons. The van der Waals surface area contributed by atoms with E-state index in [9.17, 15) is 18.0 Å². The molecule has 0 aromatic rings. The van der Waals surface area contributed by atoms with E-state index in [1.54, 1.807) is 20.8 Å². The second-order valence-corrected chi connectivity index (χ2v) is 10.6. The number of nitrogens with one attached hydrogen (secondary N) is 1. The van der Waals surface area contributed by atoms with Crippen LogP contribution in [0, 0.1) is 16.2 Å². The van der Waals surface area contributed by atoms with Crippen LogP contribution in [0.25, 0.3) is 0 Å². The molecule has 7 nitrogen and oxygen atoms in total. The number of ether oxygens (including phenoxy) is 1. The molecule has 0 aliphatic heterocycles. The number of carbonyl (C=O) groups is 2. The Morgan fingerprint density at radius 2 is 1.73 bits per heavy atom. The molecule has 1 amide bonds. The van der Waals surface area contributed by atoms with Crippen LogP contribution in [-0.2, 0) is 24.4 Å². The van der Waals surface area contributed by atoms with Crippen LogP contribution in [0.3, 0.4) is 0 Å². The number of esters is 1. The second kappa shape index (κ2) is 7.11. The zero-order valence-corrected chi connectivity index (χ0v) is 17.7. The fraction of sp³-hybridized carbons (Fsp3) is 0.889. The summed E-state index contributed by atoms with van der Waals surface area (Å²) in [5, 5.41) is 2.65. The molecule has 2 atom stereocenters. The van der Waals surface area contributed by atoms with Crippen molar-refractivity contribution in [3.63, 3.8) is 0 Å². The van der Waals surface area contributed by atoms with Crippen LogP contribution in [0.2, 0.25) is 0 Å². The normalized spacial score (nSPS) is 26.3. The van der Waals surface area contributed by atoms with E-state index in [0.717, 1.165) is 0 Å². The van der Waals surface area contributed by atoms with Crippen molar-refractivity contribution < 1.29 is 27.3 Å². The number of rotatable bonds is 9. The predicted molar refractivity (Wildman–Crippen MR) is 99.1 cm³/mol. The largest absolute Gasteiger partial charge is 0.466 e. The number of hydrogen-bond acceptors (Lipinski definition) is 5. The third kappa shape index (κ3) is 4.97. The summed E-state index contributed by atoms with van der Waals surface area (Å²) in [6.45, 7) is 13.2. The molecule has 26 heavy (non-hydrogen) atoms. The van der Waals surface area contributed by atoms with Crippen LogP contribution in [0.5, 0.6) is 0 Å². The predicted octanol–water partition coefficient (Wildman–Crippen LogP) is 2.55. The molecular formula is C18H33NO6S. The third-order valence-electron chi connectivity index (χ3n) is 6.02. The lowest BCUT2D eigenvalue weighted by Crippen LogP contribution is -2.48. The third-order valence-corrected chi connectivity index (χ3v) is 7.10. The van der Waals surface area contributed by atoms with E-state index in [4.69, 9.17) is 9.29 Å². The molecule has 8 heteroatoms. The minimum Gasteiger partial charge on any atom is -0.466 e. The van der Waals surface area contributed by atoms with Gasteiger partial charge in [0, 0.05) is 6.42 Å². The summed E-state index contributed by atoms with van der Waals surface area (Å²) in [7, 11) is -4.18. The number of amides is 1. The summed E-state index contributed by atoms with van der Waals surface area (Å²) in [6.07, 6.45) is 1.46. The monoisotopic (exact) mass is 391 g/mol. The van der Waals surface area contributed by atoms with Crippen molar-refractivity contribution >= 4 is 22.0 Å². The molecule has 0 radical (unpaired) electrons. The molecule has 0 aromatic carbocycles.